The Hall–Kier alpha value is -4.50. The molecule has 0 saturated carbocycles. The topological polar surface area (TPSA) is 17.4 Å². The molecule has 0 fully saturated rings. The molecule has 0 N–H and O–H groups in total. The predicted octanol–water partition coefficient (Wildman–Crippen LogP) is 8.26. The molecular formula is C31H24N2O. The smallest absolute Gasteiger partial charge is 0.119 e. The van der Waals surface area contributed by atoms with Crippen LogP contribution in [-0.4, -0.2) is 11.7 Å². The van der Waals surface area contributed by atoms with Gasteiger partial charge in [-0.05, 0) is 72.8 Å². The molecule has 0 bridgehead atoms. The summed E-state index contributed by atoms with van der Waals surface area (Å²) in [5.74, 6) is 0.846. The third-order valence-corrected chi connectivity index (χ3v) is 6.27. The van der Waals surface area contributed by atoms with E-state index in [1.807, 2.05) is 18.2 Å². The molecule has 0 aliphatic rings. The molecule has 1 aromatic heterocycles. The van der Waals surface area contributed by atoms with Gasteiger partial charge in [-0.2, -0.15) is 0 Å². The summed E-state index contributed by atoms with van der Waals surface area (Å²) in [7, 11) is 1.69. The minimum Gasteiger partial charge on any atom is -0.497 e. The number of fused-ring (bicyclic) bond motifs is 3. The summed E-state index contributed by atoms with van der Waals surface area (Å²) < 4.78 is 7.73. The Balaban J connectivity index is 1.59. The zero-order valence-corrected chi connectivity index (χ0v) is 18.9. The number of benzene rings is 5. The van der Waals surface area contributed by atoms with E-state index in [-0.39, 0.29) is 0 Å². The van der Waals surface area contributed by atoms with Crippen LogP contribution in [0.25, 0.3) is 27.5 Å². The Morgan fingerprint density at radius 2 is 1.12 bits per heavy atom. The van der Waals surface area contributed by atoms with Crippen LogP contribution in [0.15, 0.2) is 127 Å². The fourth-order valence-electron chi connectivity index (χ4n) is 4.71. The zero-order chi connectivity index (χ0) is 22.9. The first kappa shape index (κ1) is 20.1. The molecule has 0 aliphatic heterocycles. The van der Waals surface area contributed by atoms with Crippen molar-refractivity contribution in [2.45, 2.75) is 0 Å². The van der Waals surface area contributed by atoms with E-state index >= 15 is 0 Å². The second-order valence-corrected chi connectivity index (χ2v) is 8.26. The van der Waals surface area contributed by atoms with E-state index in [1.165, 1.54) is 21.8 Å². The summed E-state index contributed by atoms with van der Waals surface area (Å²) in [4.78, 5) is 2.29. The fraction of sp³-hybridized carbons (Fsp3) is 0.0323. The monoisotopic (exact) mass is 440 g/mol. The van der Waals surface area contributed by atoms with Crippen LogP contribution in [0, 0.1) is 0 Å². The normalized spacial score (nSPS) is 11.1. The third-order valence-electron chi connectivity index (χ3n) is 6.27. The van der Waals surface area contributed by atoms with Crippen molar-refractivity contribution >= 4 is 38.9 Å². The average Bonchev–Trinajstić information content (AvgIpc) is 3.24. The quantitative estimate of drug-likeness (QED) is 0.268. The van der Waals surface area contributed by atoms with Gasteiger partial charge in [-0.15, -0.1) is 0 Å². The van der Waals surface area contributed by atoms with E-state index in [2.05, 4.69) is 119 Å². The molecule has 0 amide bonds. The van der Waals surface area contributed by atoms with Crippen LogP contribution >= 0.6 is 0 Å². The lowest BCUT2D eigenvalue weighted by Crippen LogP contribution is -2.09. The number of hydrogen-bond donors (Lipinski definition) is 0. The number of hydrogen-bond acceptors (Lipinski definition) is 2. The van der Waals surface area contributed by atoms with E-state index < -0.39 is 0 Å². The van der Waals surface area contributed by atoms with Gasteiger partial charge in [-0.25, -0.2) is 0 Å². The maximum absolute atomic E-state index is 5.39. The van der Waals surface area contributed by atoms with Crippen molar-refractivity contribution in [3.63, 3.8) is 0 Å². The Morgan fingerprint density at radius 3 is 1.85 bits per heavy atom. The van der Waals surface area contributed by atoms with Gasteiger partial charge in [0.05, 0.1) is 18.1 Å². The summed E-state index contributed by atoms with van der Waals surface area (Å²) >= 11 is 0. The number of para-hydroxylation sites is 3. The largest absolute Gasteiger partial charge is 0.497 e. The van der Waals surface area contributed by atoms with Crippen molar-refractivity contribution in [3.8, 4) is 11.4 Å². The van der Waals surface area contributed by atoms with Gasteiger partial charge in [0.15, 0.2) is 0 Å². The van der Waals surface area contributed by atoms with Gasteiger partial charge < -0.3 is 14.2 Å². The summed E-state index contributed by atoms with van der Waals surface area (Å²) in [5, 5.41) is 2.47. The highest BCUT2D eigenvalue weighted by Crippen LogP contribution is 2.39. The molecule has 0 aliphatic carbocycles. The highest BCUT2D eigenvalue weighted by atomic mass is 16.5. The van der Waals surface area contributed by atoms with E-state index in [0.717, 1.165) is 28.5 Å². The van der Waals surface area contributed by atoms with Crippen LogP contribution in [0.4, 0.5) is 17.1 Å². The molecule has 6 aromatic rings. The van der Waals surface area contributed by atoms with Crippen molar-refractivity contribution in [2.24, 2.45) is 0 Å². The molecule has 164 valence electrons. The molecule has 3 nitrogen and oxygen atoms in total. The van der Waals surface area contributed by atoms with Crippen LogP contribution in [-0.2, 0) is 0 Å². The van der Waals surface area contributed by atoms with E-state index in [4.69, 9.17) is 4.74 Å². The van der Waals surface area contributed by atoms with Crippen LogP contribution < -0.4 is 9.64 Å². The molecule has 5 aromatic carbocycles. The summed E-state index contributed by atoms with van der Waals surface area (Å²) in [6, 6.07) is 44.6. The number of anilines is 3. The summed E-state index contributed by atoms with van der Waals surface area (Å²) in [5.41, 5.74) is 6.86. The lowest BCUT2D eigenvalue weighted by Gasteiger charge is -2.25. The number of ether oxygens (including phenoxy) is 1. The maximum Gasteiger partial charge on any atom is 0.119 e. The standard InChI is InChI=1S/C31H24N2O/c1-34-27-19-16-25(17-20-27)32(23-10-4-2-5-11-23)26-18-21-31-29(22-26)28-14-8-9-15-30(28)33(31)24-12-6-3-7-13-24/h2-22H,1H3. The van der Waals surface area contributed by atoms with Crippen molar-refractivity contribution in [2.75, 3.05) is 12.0 Å². The molecule has 1 heterocycles. The minimum absolute atomic E-state index is 0.846. The summed E-state index contributed by atoms with van der Waals surface area (Å²) in [6.07, 6.45) is 0. The van der Waals surface area contributed by atoms with Crippen molar-refractivity contribution < 1.29 is 4.74 Å². The van der Waals surface area contributed by atoms with Gasteiger partial charge in [0, 0.05) is 33.5 Å². The summed E-state index contributed by atoms with van der Waals surface area (Å²) in [6.45, 7) is 0. The molecule has 0 saturated heterocycles. The lowest BCUT2D eigenvalue weighted by molar-refractivity contribution is 0.415. The first-order valence-corrected chi connectivity index (χ1v) is 11.4. The predicted molar refractivity (Wildman–Crippen MR) is 142 cm³/mol. The van der Waals surface area contributed by atoms with E-state index in [1.54, 1.807) is 7.11 Å². The first-order valence-electron chi connectivity index (χ1n) is 11.4. The Morgan fingerprint density at radius 1 is 0.529 bits per heavy atom. The molecule has 0 atom stereocenters. The highest BCUT2D eigenvalue weighted by Gasteiger charge is 2.17. The molecule has 6 rings (SSSR count). The molecule has 0 radical (unpaired) electrons. The van der Waals surface area contributed by atoms with Crippen molar-refractivity contribution in [1.82, 2.24) is 4.57 Å². The fourth-order valence-corrected chi connectivity index (χ4v) is 4.71. The molecular weight excluding hydrogens is 416 g/mol. The van der Waals surface area contributed by atoms with Gasteiger partial charge in [0.1, 0.15) is 5.75 Å². The highest BCUT2D eigenvalue weighted by molar-refractivity contribution is 6.10. The third kappa shape index (κ3) is 3.39. The molecule has 0 unspecified atom stereocenters. The first-order chi connectivity index (χ1) is 16.8. The average molecular weight is 441 g/mol. The minimum atomic E-state index is 0.846. The second-order valence-electron chi connectivity index (χ2n) is 8.26. The van der Waals surface area contributed by atoms with Gasteiger partial charge in [-0.3, -0.25) is 0 Å². The number of methoxy groups -OCH3 is 1. The van der Waals surface area contributed by atoms with Gasteiger partial charge in [-0.1, -0.05) is 54.6 Å². The zero-order valence-electron chi connectivity index (χ0n) is 18.9. The lowest BCUT2D eigenvalue weighted by atomic mass is 10.1. The maximum atomic E-state index is 5.39. The Kier molecular flexibility index (Phi) is 5.00. The van der Waals surface area contributed by atoms with Gasteiger partial charge >= 0.3 is 0 Å². The van der Waals surface area contributed by atoms with Crippen LogP contribution in [0.5, 0.6) is 5.75 Å². The van der Waals surface area contributed by atoms with Gasteiger partial charge in [0.2, 0.25) is 0 Å². The molecule has 0 spiro atoms. The number of rotatable bonds is 5. The molecule has 34 heavy (non-hydrogen) atoms. The van der Waals surface area contributed by atoms with E-state index in [9.17, 15) is 0 Å². The second kappa shape index (κ2) is 8.45. The number of nitrogens with zero attached hydrogens (tertiary/aromatic N) is 2. The van der Waals surface area contributed by atoms with Gasteiger partial charge in [0.25, 0.3) is 0 Å². The van der Waals surface area contributed by atoms with Crippen molar-refractivity contribution in [1.29, 1.82) is 0 Å². The van der Waals surface area contributed by atoms with Crippen LogP contribution in [0.2, 0.25) is 0 Å². The number of aromatic nitrogens is 1. The SMILES string of the molecule is COc1ccc(N(c2ccccc2)c2ccc3c(c2)c2ccccc2n3-c2ccccc2)cc1. The Bertz CT molecular complexity index is 1570. The molecule has 3 heteroatoms. The van der Waals surface area contributed by atoms with Crippen molar-refractivity contribution in [3.05, 3.63) is 127 Å². The van der Waals surface area contributed by atoms with E-state index in [0.29, 0.717) is 0 Å². The van der Waals surface area contributed by atoms with Crippen LogP contribution in [0.3, 0.4) is 0 Å². The van der Waals surface area contributed by atoms with Crippen LogP contribution in [0.1, 0.15) is 0 Å². The Labute approximate surface area is 199 Å².